The third kappa shape index (κ3) is 4.84. The Morgan fingerprint density at radius 3 is 1.28 bits per heavy atom. The van der Waals surface area contributed by atoms with Crippen molar-refractivity contribution in [3.63, 3.8) is 0 Å². The topological polar surface area (TPSA) is 13.1 Å². The maximum absolute atomic E-state index is 14.8. The molecule has 1 heterocycles. The Labute approximate surface area is 300 Å². The predicted molar refractivity (Wildman–Crippen MR) is 211 cm³/mol. The summed E-state index contributed by atoms with van der Waals surface area (Å²) in [4.78, 5) is -1.86. The van der Waals surface area contributed by atoms with Gasteiger partial charge in [0.05, 0.1) is 0 Å². The molecule has 0 aliphatic heterocycles. The lowest BCUT2D eigenvalue weighted by Gasteiger charge is -2.42. The highest BCUT2D eigenvalue weighted by Crippen LogP contribution is 3.03. The molecule has 10 rings (SSSR count). The van der Waals surface area contributed by atoms with Crippen LogP contribution in [0.25, 0.3) is 98.4 Å². The summed E-state index contributed by atoms with van der Waals surface area (Å²) in [5, 5.41) is 5.08. The Kier molecular flexibility index (Phi) is 6.22. The van der Waals surface area contributed by atoms with Gasteiger partial charge in [0.15, 0.2) is 0 Å². The van der Waals surface area contributed by atoms with Crippen molar-refractivity contribution in [1.82, 2.24) is 0 Å². The second-order valence-electron chi connectivity index (χ2n) is 13.5. The first-order chi connectivity index (χ1) is 25.5. The molecule has 0 N–H and O–H groups in total. The molecule has 10 aromatic rings. The standard InChI is InChI=1S/C46H27F5OS/c47-53(48,49,50,51)46-37-21-10-8-19-34(37)44(35-20-9-11-22-38(35)46)39-24-12-23-36-40-27-29(25-26-41(40)52-45(36)39)43-32-17-6-4-15-30(32)42(28-13-2-1-3-14-28)31-16-5-7-18-33(31)43/h1-27H. The van der Waals surface area contributed by atoms with Crippen LogP contribution < -0.4 is 0 Å². The summed E-state index contributed by atoms with van der Waals surface area (Å²) in [5.41, 5.74) is 6.33. The first kappa shape index (κ1) is 31.5. The Morgan fingerprint density at radius 1 is 0.340 bits per heavy atom. The van der Waals surface area contributed by atoms with E-state index >= 15 is 0 Å². The average Bonchev–Trinajstić information content (AvgIpc) is 3.53. The summed E-state index contributed by atoms with van der Waals surface area (Å²) in [6.07, 6.45) is 0. The molecule has 0 bridgehead atoms. The highest BCUT2D eigenvalue weighted by atomic mass is 32.5. The van der Waals surface area contributed by atoms with Gasteiger partial charge in [0.2, 0.25) is 0 Å². The number of benzene rings is 9. The van der Waals surface area contributed by atoms with Gasteiger partial charge in [-0.2, -0.15) is 0 Å². The molecule has 0 amide bonds. The number of rotatable bonds is 4. The smallest absolute Gasteiger partial charge is 0.311 e. The van der Waals surface area contributed by atoms with Gasteiger partial charge >= 0.3 is 10.2 Å². The summed E-state index contributed by atoms with van der Waals surface area (Å²) in [6.45, 7) is 0. The first-order valence-corrected chi connectivity index (χ1v) is 19.0. The molecule has 53 heavy (non-hydrogen) atoms. The Bertz CT molecular complexity index is 3040. The van der Waals surface area contributed by atoms with Crippen LogP contribution in [-0.4, -0.2) is 0 Å². The molecule has 0 fully saturated rings. The summed E-state index contributed by atoms with van der Waals surface area (Å²) in [5.74, 6) is 0. The van der Waals surface area contributed by atoms with Gasteiger partial charge in [0.1, 0.15) is 16.1 Å². The van der Waals surface area contributed by atoms with Crippen LogP contribution in [0, 0.1) is 0 Å². The number of halogens is 5. The third-order valence-electron chi connectivity index (χ3n) is 10.3. The van der Waals surface area contributed by atoms with Gasteiger partial charge < -0.3 is 4.42 Å². The fourth-order valence-electron chi connectivity index (χ4n) is 8.30. The predicted octanol–water partition coefficient (Wildman–Crippen LogP) is 15.9. The van der Waals surface area contributed by atoms with Crippen molar-refractivity contribution in [3.05, 3.63) is 164 Å². The van der Waals surface area contributed by atoms with Crippen molar-refractivity contribution >= 4 is 75.3 Å². The zero-order chi connectivity index (χ0) is 36.2. The van der Waals surface area contributed by atoms with Crippen molar-refractivity contribution in [2.75, 3.05) is 0 Å². The van der Waals surface area contributed by atoms with Gasteiger partial charge in [0, 0.05) is 32.7 Å². The van der Waals surface area contributed by atoms with E-state index in [-0.39, 0.29) is 10.8 Å². The summed E-state index contributed by atoms with van der Waals surface area (Å²) in [7, 11) is -10.1. The largest absolute Gasteiger partial charge is 0.455 e. The van der Waals surface area contributed by atoms with E-state index in [1.807, 2.05) is 54.6 Å². The van der Waals surface area contributed by atoms with E-state index in [1.54, 1.807) is 18.2 Å². The van der Waals surface area contributed by atoms with E-state index in [9.17, 15) is 19.4 Å². The maximum atomic E-state index is 14.8. The molecule has 1 aromatic heterocycles. The van der Waals surface area contributed by atoms with E-state index in [0.29, 0.717) is 22.3 Å². The third-order valence-corrected chi connectivity index (χ3v) is 11.5. The number of hydrogen-bond acceptors (Lipinski definition) is 1. The van der Waals surface area contributed by atoms with Crippen LogP contribution in [0.1, 0.15) is 0 Å². The van der Waals surface area contributed by atoms with Crippen LogP contribution in [0.2, 0.25) is 0 Å². The molecule has 0 unspecified atom stereocenters. The van der Waals surface area contributed by atoms with Crippen molar-refractivity contribution < 1.29 is 23.8 Å². The second-order valence-corrected chi connectivity index (χ2v) is 15.8. The molecule has 0 saturated heterocycles. The monoisotopic (exact) mass is 722 g/mol. The second kappa shape index (κ2) is 10.5. The van der Waals surface area contributed by atoms with E-state index in [4.69, 9.17) is 4.42 Å². The van der Waals surface area contributed by atoms with E-state index in [1.165, 1.54) is 24.3 Å². The quantitative estimate of drug-likeness (QED) is 0.130. The highest BCUT2D eigenvalue weighted by molar-refractivity contribution is 8.46. The molecule has 0 spiro atoms. The van der Waals surface area contributed by atoms with Crippen LogP contribution in [0.4, 0.5) is 19.4 Å². The van der Waals surface area contributed by atoms with E-state index < -0.39 is 25.9 Å². The van der Waals surface area contributed by atoms with Crippen LogP contribution in [0.3, 0.4) is 0 Å². The molecule has 258 valence electrons. The fourth-order valence-corrected chi connectivity index (χ4v) is 9.49. The molecule has 9 aromatic carbocycles. The normalized spacial score (nSPS) is 13.7. The fraction of sp³-hybridized carbons (Fsp3) is 0. The van der Waals surface area contributed by atoms with Crippen molar-refractivity contribution in [2.45, 2.75) is 4.90 Å². The lowest BCUT2D eigenvalue weighted by molar-refractivity contribution is 0.367. The number of hydrogen-bond donors (Lipinski definition) is 0. The van der Waals surface area contributed by atoms with Crippen molar-refractivity contribution in [1.29, 1.82) is 0 Å². The molecular formula is C46H27F5OS. The van der Waals surface area contributed by atoms with Crippen molar-refractivity contribution in [3.8, 4) is 33.4 Å². The van der Waals surface area contributed by atoms with Crippen molar-refractivity contribution in [2.24, 2.45) is 0 Å². The zero-order valence-electron chi connectivity index (χ0n) is 27.8. The minimum absolute atomic E-state index is 0.0690. The van der Waals surface area contributed by atoms with Crippen LogP contribution in [-0.2, 0) is 0 Å². The minimum atomic E-state index is -10.1. The first-order valence-electron chi connectivity index (χ1n) is 17.1. The molecule has 0 aliphatic rings. The number of fused-ring (bicyclic) bond motifs is 7. The molecule has 0 radical (unpaired) electrons. The molecule has 0 saturated carbocycles. The van der Waals surface area contributed by atoms with Gasteiger partial charge in [-0.1, -0.05) is 171 Å². The highest BCUT2D eigenvalue weighted by Gasteiger charge is 2.67. The number of furan rings is 1. The zero-order valence-corrected chi connectivity index (χ0v) is 28.6. The van der Waals surface area contributed by atoms with Gasteiger partial charge in [-0.3, -0.25) is 0 Å². The summed E-state index contributed by atoms with van der Waals surface area (Å²) in [6, 6.07) is 49.8. The van der Waals surface area contributed by atoms with Gasteiger partial charge in [-0.15, -0.1) is 0 Å². The van der Waals surface area contributed by atoms with Crippen LogP contribution >= 0.6 is 10.2 Å². The SMILES string of the molecule is FS(F)(F)(F)(F)c1c2ccccc2c(-c2cccc3c2oc2ccc(-c4c5ccccc5c(-c5ccccc5)c5ccccc45)cc23)c2ccccc12. The lowest BCUT2D eigenvalue weighted by atomic mass is 9.86. The Balaban J connectivity index is 1.26. The lowest BCUT2D eigenvalue weighted by Crippen LogP contribution is -2.08. The minimum Gasteiger partial charge on any atom is -0.455 e. The molecule has 0 aliphatic carbocycles. The maximum Gasteiger partial charge on any atom is 0.311 e. The Morgan fingerprint density at radius 2 is 0.774 bits per heavy atom. The number of para-hydroxylation sites is 1. The summed E-state index contributed by atoms with van der Waals surface area (Å²) < 4.78 is 80.5. The van der Waals surface area contributed by atoms with Crippen LogP contribution in [0.5, 0.6) is 0 Å². The van der Waals surface area contributed by atoms with Gasteiger partial charge in [-0.25, -0.2) is 0 Å². The summed E-state index contributed by atoms with van der Waals surface area (Å²) >= 11 is 0. The molecule has 7 heteroatoms. The van der Waals surface area contributed by atoms with E-state index in [0.717, 1.165) is 66.7 Å². The molecular weight excluding hydrogens is 696 g/mol. The molecule has 1 nitrogen and oxygen atoms in total. The Hall–Kier alpha value is -6.18. The average molecular weight is 723 g/mol. The molecule has 0 atom stereocenters. The van der Waals surface area contributed by atoms with Gasteiger partial charge in [0.25, 0.3) is 0 Å². The van der Waals surface area contributed by atoms with Gasteiger partial charge in [-0.05, 0) is 66.7 Å². The van der Waals surface area contributed by atoms with E-state index in [2.05, 4.69) is 54.6 Å². The van der Waals surface area contributed by atoms with Crippen LogP contribution in [0.15, 0.2) is 173 Å².